The highest BCUT2D eigenvalue weighted by molar-refractivity contribution is 7.11. The number of aromatic nitrogens is 4. The summed E-state index contributed by atoms with van der Waals surface area (Å²) in [6, 6.07) is 0.585. The molecule has 2 aromatic heterocycles. The van der Waals surface area contributed by atoms with Crippen molar-refractivity contribution >= 4 is 11.3 Å². The van der Waals surface area contributed by atoms with Gasteiger partial charge in [-0.25, -0.2) is 4.98 Å². The van der Waals surface area contributed by atoms with Crippen LogP contribution in [0, 0.1) is 20.8 Å². The molecule has 2 aromatic rings. The van der Waals surface area contributed by atoms with Gasteiger partial charge in [-0.05, 0) is 41.2 Å². The highest BCUT2D eigenvalue weighted by Gasteiger charge is 2.27. The molecule has 0 aliphatic carbocycles. The third kappa shape index (κ3) is 3.68. The Morgan fingerprint density at radius 1 is 1.25 bits per heavy atom. The van der Waals surface area contributed by atoms with Crippen molar-refractivity contribution in [2.45, 2.75) is 59.8 Å². The van der Waals surface area contributed by atoms with Crippen molar-refractivity contribution in [3.63, 3.8) is 0 Å². The summed E-state index contributed by atoms with van der Waals surface area (Å²) in [5, 5.41) is 9.74. The molecule has 24 heavy (non-hydrogen) atoms. The molecule has 0 N–H and O–H groups in total. The van der Waals surface area contributed by atoms with Gasteiger partial charge < -0.3 is 4.57 Å². The molecule has 0 radical (unpaired) electrons. The molecule has 1 unspecified atom stereocenters. The van der Waals surface area contributed by atoms with Gasteiger partial charge in [0, 0.05) is 37.1 Å². The topological polar surface area (TPSA) is 50.1 Å². The number of rotatable bonds is 6. The number of aryl methyl sites for hydroxylation is 3. The molecular weight excluding hydrogens is 320 g/mol. The molecular formula is C17H28N6S. The zero-order chi connectivity index (χ0) is 17.3. The van der Waals surface area contributed by atoms with E-state index in [1.807, 2.05) is 18.3 Å². The second-order valence-corrected chi connectivity index (χ2v) is 8.03. The number of likely N-dealkylation sites (N-methyl/N-ethyl adjacent to an activating group) is 1. The molecule has 0 spiro atoms. The van der Waals surface area contributed by atoms with E-state index >= 15 is 0 Å². The molecule has 7 heteroatoms. The maximum atomic E-state index is 4.55. The summed E-state index contributed by atoms with van der Waals surface area (Å²) >= 11 is 1.83. The van der Waals surface area contributed by atoms with Gasteiger partial charge in [-0.2, -0.15) is 0 Å². The summed E-state index contributed by atoms with van der Waals surface area (Å²) in [7, 11) is 2.21. The molecule has 3 heterocycles. The molecule has 1 atom stereocenters. The Bertz CT molecular complexity index is 691. The fourth-order valence-electron chi connectivity index (χ4n) is 3.54. The molecule has 0 saturated carbocycles. The van der Waals surface area contributed by atoms with Crippen LogP contribution in [0.5, 0.6) is 0 Å². The number of likely N-dealkylation sites (tertiary alicyclic amines) is 1. The van der Waals surface area contributed by atoms with Crippen molar-refractivity contribution in [1.82, 2.24) is 29.5 Å². The van der Waals surface area contributed by atoms with Crippen molar-refractivity contribution in [3.05, 3.63) is 27.2 Å². The van der Waals surface area contributed by atoms with Crippen LogP contribution in [0.1, 0.15) is 40.6 Å². The Balaban J connectivity index is 1.57. The summed E-state index contributed by atoms with van der Waals surface area (Å²) in [6.45, 7) is 13.5. The molecule has 6 nitrogen and oxygen atoms in total. The van der Waals surface area contributed by atoms with E-state index in [9.17, 15) is 0 Å². The van der Waals surface area contributed by atoms with Crippen LogP contribution in [-0.2, 0) is 19.6 Å². The van der Waals surface area contributed by atoms with Gasteiger partial charge >= 0.3 is 0 Å². The van der Waals surface area contributed by atoms with Gasteiger partial charge in [0.05, 0.1) is 17.2 Å². The van der Waals surface area contributed by atoms with Gasteiger partial charge in [0.25, 0.3) is 0 Å². The van der Waals surface area contributed by atoms with Gasteiger partial charge in [0.2, 0.25) is 0 Å². The van der Waals surface area contributed by atoms with Crippen molar-refractivity contribution < 1.29 is 0 Å². The van der Waals surface area contributed by atoms with Crippen LogP contribution in [-0.4, -0.2) is 55.7 Å². The average Bonchev–Trinajstić information content (AvgIpc) is 3.21. The lowest BCUT2D eigenvalue weighted by Gasteiger charge is -2.24. The highest BCUT2D eigenvalue weighted by Crippen LogP contribution is 2.23. The number of hydrogen-bond acceptors (Lipinski definition) is 6. The lowest BCUT2D eigenvalue weighted by molar-refractivity contribution is 0.216. The zero-order valence-corrected chi connectivity index (χ0v) is 16.2. The summed E-state index contributed by atoms with van der Waals surface area (Å²) in [5.74, 6) is 2.08. The van der Waals surface area contributed by atoms with Crippen molar-refractivity contribution in [1.29, 1.82) is 0 Å². The molecule has 0 bridgehead atoms. The van der Waals surface area contributed by atoms with Crippen LogP contribution < -0.4 is 0 Å². The second-order valence-electron chi connectivity index (χ2n) is 6.74. The third-order valence-electron chi connectivity index (χ3n) is 4.96. The van der Waals surface area contributed by atoms with Gasteiger partial charge in [0.1, 0.15) is 11.6 Å². The molecule has 0 aromatic carbocycles. The Kier molecular flexibility index (Phi) is 5.32. The van der Waals surface area contributed by atoms with E-state index < -0.39 is 0 Å². The first-order chi connectivity index (χ1) is 11.5. The molecule has 3 rings (SSSR count). The molecule has 1 aliphatic rings. The van der Waals surface area contributed by atoms with Crippen LogP contribution in [0.4, 0.5) is 0 Å². The van der Waals surface area contributed by atoms with E-state index in [0.29, 0.717) is 6.04 Å². The minimum Gasteiger partial charge on any atom is -0.314 e. The lowest BCUT2D eigenvalue weighted by atomic mass is 10.2. The Labute approximate surface area is 148 Å². The maximum Gasteiger partial charge on any atom is 0.147 e. The van der Waals surface area contributed by atoms with Crippen LogP contribution >= 0.6 is 11.3 Å². The first-order valence-electron chi connectivity index (χ1n) is 8.72. The van der Waals surface area contributed by atoms with Crippen LogP contribution in [0.2, 0.25) is 0 Å². The van der Waals surface area contributed by atoms with Gasteiger partial charge in [-0.15, -0.1) is 21.5 Å². The standard InChI is InChI=1S/C17H28N6S/c1-6-23-13(3)19-20-17(23)11-21(5)15-7-8-22(9-15)10-16-12(2)18-14(4)24-16/h15H,6-11H2,1-5H3. The maximum absolute atomic E-state index is 4.55. The van der Waals surface area contributed by atoms with Gasteiger partial charge in [-0.3, -0.25) is 9.80 Å². The Morgan fingerprint density at radius 3 is 2.71 bits per heavy atom. The number of thiazole rings is 1. The second kappa shape index (κ2) is 7.29. The summed E-state index contributed by atoms with van der Waals surface area (Å²) < 4.78 is 2.20. The monoisotopic (exact) mass is 348 g/mol. The SMILES string of the molecule is CCn1c(C)nnc1CN(C)C1CCN(Cc2sc(C)nc2C)C1. The van der Waals surface area contributed by atoms with E-state index in [0.717, 1.165) is 44.4 Å². The molecule has 1 fully saturated rings. The third-order valence-corrected chi connectivity index (χ3v) is 6.01. The summed E-state index contributed by atoms with van der Waals surface area (Å²) in [4.78, 5) is 10.9. The number of nitrogens with zero attached hydrogens (tertiary/aromatic N) is 6. The van der Waals surface area contributed by atoms with E-state index in [1.54, 1.807) is 0 Å². The molecule has 1 aliphatic heterocycles. The lowest BCUT2D eigenvalue weighted by Crippen LogP contribution is -2.34. The minimum absolute atomic E-state index is 0.585. The molecule has 1 saturated heterocycles. The predicted octanol–water partition coefficient (Wildman–Crippen LogP) is 2.39. The first-order valence-corrected chi connectivity index (χ1v) is 9.53. The van der Waals surface area contributed by atoms with E-state index in [4.69, 9.17) is 0 Å². The average molecular weight is 349 g/mol. The highest BCUT2D eigenvalue weighted by atomic mass is 32.1. The number of hydrogen-bond donors (Lipinski definition) is 0. The Hall–Kier alpha value is -1.31. The van der Waals surface area contributed by atoms with Gasteiger partial charge in [0.15, 0.2) is 0 Å². The van der Waals surface area contributed by atoms with Crippen LogP contribution in [0.15, 0.2) is 0 Å². The van der Waals surface area contributed by atoms with E-state index in [1.165, 1.54) is 22.0 Å². The van der Waals surface area contributed by atoms with Crippen molar-refractivity contribution in [2.24, 2.45) is 0 Å². The van der Waals surface area contributed by atoms with Gasteiger partial charge in [-0.1, -0.05) is 0 Å². The fraction of sp³-hybridized carbons (Fsp3) is 0.706. The summed E-state index contributed by atoms with van der Waals surface area (Å²) in [6.07, 6.45) is 1.21. The fourth-order valence-corrected chi connectivity index (χ4v) is 4.52. The zero-order valence-electron chi connectivity index (χ0n) is 15.4. The Morgan fingerprint density at radius 2 is 2.04 bits per heavy atom. The molecule has 0 amide bonds. The predicted molar refractivity (Wildman–Crippen MR) is 97.2 cm³/mol. The normalized spacial score (nSPS) is 18.8. The van der Waals surface area contributed by atoms with Crippen LogP contribution in [0.3, 0.4) is 0 Å². The van der Waals surface area contributed by atoms with E-state index in [-0.39, 0.29) is 0 Å². The summed E-state index contributed by atoms with van der Waals surface area (Å²) in [5.41, 5.74) is 1.20. The molecule has 132 valence electrons. The largest absolute Gasteiger partial charge is 0.314 e. The van der Waals surface area contributed by atoms with Crippen molar-refractivity contribution in [2.75, 3.05) is 20.1 Å². The van der Waals surface area contributed by atoms with E-state index in [2.05, 4.69) is 57.4 Å². The van der Waals surface area contributed by atoms with Crippen molar-refractivity contribution in [3.8, 4) is 0 Å². The first kappa shape index (κ1) is 17.5. The smallest absolute Gasteiger partial charge is 0.147 e. The quantitative estimate of drug-likeness (QED) is 0.802. The minimum atomic E-state index is 0.585. The van der Waals surface area contributed by atoms with Crippen LogP contribution in [0.25, 0.3) is 0 Å².